The summed E-state index contributed by atoms with van der Waals surface area (Å²) in [6.07, 6.45) is 2.41. The highest BCUT2D eigenvalue weighted by molar-refractivity contribution is 6.30. The molecule has 5 heteroatoms. The van der Waals surface area contributed by atoms with Gasteiger partial charge in [-0.05, 0) is 6.42 Å². The molecule has 0 aliphatic carbocycles. The molecule has 80 valence electrons. The summed E-state index contributed by atoms with van der Waals surface area (Å²) in [5, 5.41) is 13.2. The molecule has 0 bridgehead atoms. The molecule has 3 unspecified atom stereocenters. The Morgan fingerprint density at radius 1 is 1.64 bits per heavy atom. The molecule has 0 spiro atoms. The Balaban J connectivity index is 2.07. The number of halogens is 1. The van der Waals surface area contributed by atoms with Crippen LogP contribution in [0.15, 0.2) is 11.2 Å². The zero-order valence-corrected chi connectivity index (χ0v) is 8.74. The van der Waals surface area contributed by atoms with E-state index in [4.69, 9.17) is 17.3 Å². The normalized spacial score (nSPS) is 39.4. The van der Waals surface area contributed by atoms with E-state index in [0.29, 0.717) is 6.54 Å². The van der Waals surface area contributed by atoms with Crippen LogP contribution in [-0.4, -0.2) is 47.8 Å². The van der Waals surface area contributed by atoms with E-state index < -0.39 is 0 Å². The molecule has 3 atom stereocenters. The second kappa shape index (κ2) is 4.06. The molecule has 0 radical (unpaired) electrons. The minimum Gasteiger partial charge on any atom is -0.392 e. The van der Waals surface area contributed by atoms with Gasteiger partial charge in [-0.2, -0.15) is 0 Å². The van der Waals surface area contributed by atoms with E-state index in [2.05, 4.69) is 10.2 Å². The summed E-state index contributed by atoms with van der Waals surface area (Å²) in [5.74, 6) is 0. The number of aliphatic hydroxyl groups is 1. The fourth-order valence-corrected chi connectivity index (χ4v) is 2.54. The SMILES string of the molecule is NC1CNC=C(Cl)C1N1CCC(O)C1. The number of likely N-dealkylation sites (tertiary alicyclic amines) is 1. The zero-order valence-electron chi connectivity index (χ0n) is 7.99. The number of nitrogens with two attached hydrogens (primary N) is 1. The van der Waals surface area contributed by atoms with Gasteiger partial charge in [0.15, 0.2) is 0 Å². The van der Waals surface area contributed by atoms with E-state index >= 15 is 0 Å². The number of nitrogens with one attached hydrogen (secondary N) is 1. The molecule has 0 aromatic rings. The average Bonchev–Trinajstić information content (AvgIpc) is 2.51. The first-order valence-corrected chi connectivity index (χ1v) is 5.33. The van der Waals surface area contributed by atoms with Gasteiger partial charge in [0.05, 0.1) is 17.2 Å². The molecule has 2 aliphatic rings. The molecule has 14 heavy (non-hydrogen) atoms. The molecule has 2 aliphatic heterocycles. The van der Waals surface area contributed by atoms with Crippen LogP contribution >= 0.6 is 11.6 Å². The molecule has 2 heterocycles. The minimum absolute atomic E-state index is 0.0119. The van der Waals surface area contributed by atoms with Crippen molar-refractivity contribution in [3.05, 3.63) is 11.2 Å². The Morgan fingerprint density at radius 3 is 3.00 bits per heavy atom. The van der Waals surface area contributed by atoms with Crippen molar-refractivity contribution in [2.45, 2.75) is 24.6 Å². The van der Waals surface area contributed by atoms with Crippen LogP contribution < -0.4 is 11.1 Å². The van der Waals surface area contributed by atoms with E-state index in [1.807, 2.05) is 0 Å². The fraction of sp³-hybridized carbons (Fsp3) is 0.778. The van der Waals surface area contributed by atoms with Gasteiger partial charge >= 0.3 is 0 Å². The van der Waals surface area contributed by atoms with Gasteiger partial charge in [-0.1, -0.05) is 11.6 Å². The third kappa shape index (κ3) is 1.88. The largest absolute Gasteiger partial charge is 0.392 e. The van der Waals surface area contributed by atoms with Crippen molar-refractivity contribution in [3.63, 3.8) is 0 Å². The van der Waals surface area contributed by atoms with Gasteiger partial charge in [0.2, 0.25) is 0 Å². The van der Waals surface area contributed by atoms with Crippen molar-refractivity contribution in [2.24, 2.45) is 5.73 Å². The number of nitrogens with zero attached hydrogens (tertiary/aromatic N) is 1. The fourth-order valence-electron chi connectivity index (χ4n) is 2.16. The van der Waals surface area contributed by atoms with Gasteiger partial charge in [-0.25, -0.2) is 0 Å². The zero-order chi connectivity index (χ0) is 10.1. The van der Waals surface area contributed by atoms with Gasteiger partial charge in [0, 0.05) is 31.9 Å². The molecular formula is C9H16ClN3O. The van der Waals surface area contributed by atoms with E-state index in [1.54, 1.807) is 6.20 Å². The van der Waals surface area contributed by atoms with Crippen LogP contribution in [0.3, 0.4) is 0 Å². The topological polar surface area (TPSA) is 61.5 Å². The molecule has 0 aromatic heterocycles. The third-order valence-electron chi connectivity index (χ3n) is 2.87. The van der Waals surface area contributed by atoms with Crippen molar-refractivity contribution < 1.29 is 5.11 Å². The molecule has 0 aromatic carbocycles. The first kappa shape index (κ1) is 10.2. The summed E-state index contributed by atoms with van der Waals surface area (Å²) in [5.41, 5.74) is 5.98. The highest BCUT2D eigenvalue weighted by Gasteiger charge is 2.34. The molecule has 2 rings (SSSR count). The smallest absolute Gasteiger partial charge is 0.0679 e. The predicted octanol–water partition coefficient (Wildman–Crippen LogP) is -0.568. The van der Waals surface area contributed by atoms with Crippen LogP contribution in [0.5, 0.6) is 0 Å². The Morgan fingerprint density at radius 2 is 2.43 bits per heavy atom. The summed E-state index contributed by atoms with van der Waals surface area (Å²) in [6.45, 7) is 2.31. The molecule has 1 fully saturated rings. The Kier molecular flexibility index (Phi) is 2.97. The number of β-amino-alcohol motifs (C(OH)–C–C–N with tert-alkyl or cyclic N) is 1. The van der Waals surface area contributed by atoms with E-state index in [0.717, 1.165) is 24.5 Å². The van der Waals surface area contributed by atoms with Crippen LogP contribution in [0, 0.1) is 0 Å². The first-order chi connectivity index (χ1) is 6.68. The van der Waals surface area contributed by atoms with Crippen LogP contribution in [0.1, 0.15) is 6.42 Å². The average molecular weight is 218 g/mol. The molecule has 4 nitrogen and oxygen atoms in total. The monoisotopic (exact) mass is 217 g/mol. The van der Waals surface area contributed by atoms with Crippen LogP contribution in [-0.2, 0) is 0 Å². The van der Waals surface area contributed by atoms with Crippen LogP contribution in [0.2, 0.25) is 0 Å². The summed E-state index contributed by atoms with van der Waals surface area (Å²) >= 11 is 6.10. The number of hydrogen-bond acceptors (Lipinski definition) is 4. The quantitative estimate of drug-likeness (QED) is 0.551. The maximum atomic E-state index is 9.44. The van der Waals surface area contributed by atoms with Gasteiger partial charge in [0.25, 0.3) is 0 Å². The predicted molar refractivity (Wildman–Crippen MR) is 55.9 cm³/mol. The van der Waals surface area contributed by atoms with Crippen molar-refractivity contribution in [1.29, 1.82) is 0 Å². The molecule has 1 saturated heterocycles. The molecular weight excluding hydrogens is 202 g/mol. The maximum Gasteiger partial charge on any atom is 0.0679 e. The highest BCUT2D eigenvalue weighted by atomic mass is 35.5. The molecule has 0 saturated carbocycles. The standard InChI is InChI=1S/C9H16ClN3O/c10-7-3-12-4-8(11)9(7)13-2-1-6(14)5-13/h3,6,8-9,12,14H,1-2,4-5,11H2. The lowest BCUT2D eigenvalue weighted by atomic mass is 10.1. The number of aliphatic hydroxyl groups excluding tert-OH is 1. The van der Waals surface area contributed by atoms with Crippen LogP contribution in [0.4, 0.5) is 0 Å². The Hall–Kier alpha value is -0.290. The third-order valence-corrected chi connectivity index (χ3v) is 3.20. The Labute approximate surface area is 88.7 Å². The Bertz CT molecular complexity index is 246. The summed E-state index contributed by atoms with van der Waals surface area (Å²) in [7, 11) is 0. The van der Waals surface area contributed by atoms with E-state index in [-0.39, 0.29) is 18.2 Å². The highest BCUT2D eigenvalue weighted by Crippen LogP contribution is 2.23. The van der Waals surface area contributed by atoms with E-state index in [9.17, 15) is 5.11 Å². The lowest BCUT2D eigenvalue weighted by Gasteiger charge is -2.34. The van der Waals surface area contributed by atoms with Crippen molar-refractivity contribution >= 4 is 11.6 Å². The second-order valence-corrected chi connectivity index (χ2v) is 4.42. The van der Waals surface area contributed by atoms with E-state index in [1.165, 1.54) is 0 Å². The lowest BCUT2D eigenvalue weighted by Crippen LogP contribution is -2.54. The second-order valence-electron chi connectivity index (χ2n) is 3.98. The summed E-state index contributed by atoms with van der Waals surface area (Å²) < 4.78 is 0. The molecule has 4 N–H and O–H groups in total. The number of hydrogen-bond donors (Lipinski definition) is 3. The minimum atomic E-state index is -0.221. The summed E-state index contributed by atoms with van der Waals surface area (Å²) in [6, 6.07) is 0.0906. The number of rotatable bonds is 1. The van der Waals surface area contributed by atoms with Gasteiger partial charge in [0.1, 0.15) is 0 Å². The van der Waals surface area contributed by atoms with Crippen molar-refractivity contribution in [2.75, 3.05) is 19.6 Å². The van der Waals surface area contributed by atoms with Crippen molar-refractivity contribution in [3.8, 4) is 0 Å². The first-order valence-electron chi connectivity index (χ1n) is 4.95. The van der Waals surface area contributed by atoms with Crippen LogP contribution in [0.25, 0.3) is 0 Å². The molecule has 0 amide bonds. The van der Waals surface area contributed by atoms with Gasteiger partial charge in [-0.3, -0.25) is 4.90 Å². The summed E-state index contributed by atoms with van der Waals surface area (Å²) in [4.78, 5) is 2.16. The van der Waals surface area contributed by atoms with Gasteiger partial charge < -0.3 is 16.2 Å². The van der Waals surface area contributed by atoms with Gasteiger partial charge in [-0.15, -0.1) is 0 Å². The lowest BCUT2D eigenvalue weighted by molar-refractivity contribution is 0.159. The maximum absolute atomic E-state index is 9.44. The van der Waals surface area contributed by atoms with Crippen molar-refractivity contribution in [1.82, 2.24) is 10.2 Å².